The topological polar surface area (TPSA) is 88.1 Å². The molecule has 0 spiro atoms. The van der Waals surface area contributed by atoms with Crippen molar-refractivity contribution in [3.8, 4) is 23.1 Å². The molecule has 7 nitrogen and oxygen atoms in total. The van der Waals surface area contributed by atoms with Gasteiger partial charge in [-0.25, -0.2) is 9.36 Å². The van der Waals surface area contributed by atoms with Gasteiger partial charge in [0.1, 0.15) is 11.3 Å². The van der Waals surface area contributed by atoms with E-state index in [0.717, 1.165) is 4.57 Å². The average Bonchev–Trinajstić information content (AvgIpc) is 2.62. The molecular formula is C17H13N3O4. The highest BCUT2D eigenvalue weighted by molar-refractivity contribution is 5.81. The molecule has 24 heavy (non-hydrogen) atoms. The molecule has 0 atom stereocenters. The molecule has 7 heteroatoms. The third kappa shape index (κ3) is 2.63. The van der Waals surface area contributed by atoms with Gasteiger partial charge < -0.3 is 9.84 Å². The van der Waals surface area contributed by atoms with E-state index in [9.17, 15) is 14.7 Å². The third-order valence-electron chi connectivity index (χ3n) is 3.48. The van der Waals surface area contributed by atoms with Gasteiger partial charge in [-0.05, 0) is 42.3 Å². The average molecular weight is 323 g/mol. The summed E-state index contributed by atoms with van der Waals surface area (Å²) in [5.41, 5.74) is -0.644. The Bertz CT molecular complexity index is 935. The molecule has 0 amide bonds. The van der Waals surface area contributed by atoms with Crippen LogP contribution >= 0.6 is 0 Å². The summed E-state index contributed by atoms with van der Waals surface area (Å²) < 4.78 is 7.35. The highest BCUT2D eigenvalue weighted by Gasteiger charge is 2.21. The normalized spacial score (nSPS) is 10.4. The lowest BCUT2D eigenvalue weighted by Crippen LogP contribution is -2.38. The molecule has 0 radical (unpaired) electrons. The number of benzene rings is 1. The molecule has 120 valence electrons. The van der Waals surface area contributed by atoms with Crippen LogP contribution < -0.4 is 20.1 Å². The van der Waals surface area contributed by atoms with Crippen LogP contribution in [-0.4, -0.2) is 22.9 Å². The molecule has 2 heterocycles. The van der Waals surface area contributed by atoms with Crippen LogP contribution in [0.3, 0.4) is 0 Å². The second kappa shape index (κ2) is 6.33. The zero-order valence-corrected chi connectivity index (χ0v) is 12.7. The summed E-state index contributed by atoms with van der Waals surface area (Å²) in [6.45, 7) is 0. The number of hydrogen-bond donors (Lipinski definition) is 0. The largest absolute Gasteiger partial charge is 0.859 e. The second-order valence-electron chi connectivity index (χ2n) is 4.87. The van der Waals surface area contributed by atoms with Gasteiger partial charge in [-0.3, -0.25) is 9.36 Å². The maximum absolute atomic E-state index is 12.6. The number of rotatable bonds is 4. The van der Waals surface area contributed by atoms with Crippen LogP contribution in [-0.2, 0) is 0 Å². The van der Waals surface area contributed by atoms with E-state index in [0.29, 0.717) is 17.7 Å². The third-order valence-corrected chi connectivity index (χ3v) is 3.48. The first-order valence-corrected chi connectivity index (χ1v) is 7.06. The first-order valence-electron chi connectivity index (χ1n) is 7.06. The summed E-state index contributed by atoms with van der Waals surface area (Å²) in [4.78, 5) is 27.7. The van der Waals surface area contributed by atoms with Crippen molar-refractivity contribution in [2.45, 2.75) is 0 Å². The number of methoxy groups -OCH3 is 1. The van der Waals surface area contributed by atoms with Gasteiger partial charge in [-0.2, -0.15) is 0 Å². The summed E-state index contributed by atoms with van der Waals surface area (Å²) >= 11 is 0. The molecule has 3 rings (SSSR count). The SMILES string of the molecule is COc1ccc(-n2c([O-])c(C=O)c(-[n+]3ccccc3)nc2=O)cc1. The number of aldehydes is 1. The highest BCUT2D eigenvalue weighted by atomic mass is 16.5. The Morgan fingerprint density at radius 1 is 1.17 bits per heavy atom. The van der Waals surface area contributed by atoms with Crippen molar-refractivity contribution in [3.63, 3.8) is 0 Å². The van der Waals surface area contributed by atoms with Crippen molar-refractivity contribution in [3.05, 3.63) is 70.9 Å². The van der Waals surface area contributed by atoms with Crippen molar-refractivity contribution in [1.29, 1.82) is 0 Å². The lowest BCUT2D eigenvalue weighted by atomic mass is 10.2. The molecule has 0 bridgehead atoms. The zero-order chi connectivity index (χ0) is 17.1. The molecule has 0 aliphatic heterocycles. The summed E-state index contributed by atoms with van der Waals surface area (Å²) in [7, 11) is 1.51. The number of aromatic nitrogens is 3. The summed E-state index contributed by atoms with van der Waals surface area (Å²) in [6.07, 6.45) is 3.61. The number of carbonyl (C=O) groups excluding carboxylic acids is 1. The Hall–Kier alpha value is -3.48. The fourth-order valence-corrected chi connectivity index (χ4v) is 2.30. The fourth-order valence-electron chi connectivity index (χ4n) is 2.30. The molecule has 0 fully saturated rings. The molecule has 1 aromatic carbocycles. The van der Waals surface area contributed by atoms with E-state index in [1.165, 1.54) is 11.7 Å². The van der Waals surface area contributed by atoms with Crippen molar-refractivity contribution in [2.75, 3.05) is 7.11 Å². The minimum Gasteiger partial charge on any atom is -0.859 e. The Morgan fingerprint density at radius 2 is 1.83 bits per heavy atom. The second-order valence-corrected chi connectivity index (χ2v) is 4.87. The quantitative estimate of drug-likeness (QED) is 0.512. The van der Waals surface area contributed by atoms with Crippen molar-refractivity contribution in [1.82, 2.24) is 9.55 Å². The van der Waals surface area contributed by atoms with E-state index in [2.05, 4.69) is 4.98 Å². The van der Waals surface area contributed by atoms with E-state index in [1.54, 1.807) is 54.9 Å². The van der Waals surface area contributed by atoms with Gasteiger partial charge in [-0.15, -0.1) is 0 Å². The standard InChI is InChI=1S/C17H13N3O4/c1-24-13-7-5-12(6-8-13)20-16(22)14(11-21)15(18-17(20)23)19-9-3-2-4-10-19/h2-11H,1H3. The van der Waals surface area contributed by atoms with Crippen LogP contribution in [0.2, 0.25) is 0 Å². The first kappa shape index (κ1) is 15.4. The predicted molar refractivity (Wildman–Crippen MR) is 82.8 cm³/mol. The highest BCUT2D eigenvalue weighted by Crippen LogP contribution is 2.19. The predicted octanol–water partition coefficient (Wildman–Crippen LogP) is 0.404. The number of carbonyl (C=O) groups is 1. The number of hydrogen-bond acceptors (Lipinski definition) is 5. The van der Waals surface area contributed by atoms with Gasteiger partial charge in [0.05, 0.1) is 25.2 Å². The summed E-state index contributed by atoms with van der Waals surface area (Å²) in [5, 5.41) is 12.6. The van der Waals surface area contributed by atoms with Gasteiger partial charge in [0.2, 0.25) is 0 Å². The molecule has 3 aromatic rings. The van der Waals surface area contributed by atoms with E-state index < -0.39 is 11.6 Å². The fraction of sp³-hybridized carbons (Fsp3) is 0.0588. The molecule has 0 aliphatic rings. The molecule has 0 N–H and O–H groups in total. The molecular weight excluding hydrogens is 310 g/mol. The van der Waals surface area contributed by atoms with E-state index in [1.807, 2.05) is 0 Å². The van der Waals surface area contributed by atoms with Gasteiger partial charge in [-0.1, -0.05) is 6.07 Å². The molecule has 2 aromatic heterocycles. The van der Waals surface area contributed by atoms with Crippen LogP contribution in [0.25, 0.3) is 11.5 Å². The maximum atomic E-state index is 12.6. The molecule has 0 saturated heterocycles. The number of nitrogens with zero attached hydrogens (tertiary/aromatic N) is 3. The van der Waals surface area contributed by atoms with Gasteiger partial charge in [0.25, 0.3) is 0 Å². The Balaban J connectivity index is 2.22. The van der Waals surface area contributed by atoms with Crippen LogP contribution in [0.5, 0.6) is 11.6 Å². The first-order chi connectivity index (χ1) is 11.7. The van der Waals surface area contributed by atoms with Crippen molar-refractivity contribution >= 4 is 6.29 Å². The van der Waals surface area contributed by atoms with E-state index in [-0.39, 0.29) is 11.4 Å². The van der Waals surface area contributed by atoms with Crippen LogP contribution in [0.15, 0.2) is 59.7 Å². The van der Waals surface area contributed by atoms with E-state index >= 15 is 0 Å². The smallest absolute Gasteiger partial charge is 0.461 e. The maximum Gasteiger partial charge on any atom is 0.461 e. The van der Waals surface area contributed by atoms with Gasteiger partial charge >= 0.3 is 11.5 Å². The molecule has 0 aliphatic carbocycles. The Labute approximate surface area is 137 Å². The Kier molecular flexibility index (Phi) is 4.07. The van der Waals surface area contributed by atoms with Crippen LogP contribution in [0, 0.1) is 0 Å². The summed E-state index contributed by atoms with van der Waals surface area (Å²) in [6, 6.07) is 11.5. The zero-order valence-electron chi connectivity index (χ0n) is 12.7. The van der Waals surface area contributed by atoms with Crippen LogP contribution in [0.4, 0.5) is 0 Å². The monoisotopic (exact) mass is 323 g/mol. The minimum atomic E-state index is -0.762. The Morgan fingerprint density at radius 3 is 2.42 bits per heavy atom. The van der Waals surface area contributed by atoms with Gasteiger partial charge in [0, 0.05) is 4.98 Å². The molecule has 0 saturated carbocycles. The number of pyridine rings is 1. The van der Waals surface area contributed by atoms with Crippen LogP contribution in [0.1, 0.15) is 10.4 Å². The number of ether oxygens (including phenoxy) is 1. The lowest BCUT2D eigenvalue weighted by molar-refractivity contribution is -0.600. The lowest BCUT2D eigenvalue weighted by Gasteiger charge is -2.16. The summed E-state index contributed by atoms with van der Waals surface area (Å²) in [5.74, 6) is -0.133. The van der Waals surface area contributed by atoms with Crippen molar-refractivity contribution < 1.29 is 19.2 Å². The van der Waals surface area contributed by atoms with Crippen molar-refractivity contribution in [2.24, 2.45) is 0 Å². The minimum absolute atomic E-state index is 0.00496. The van der Waals surface area contributed by atoms with E-state index in [4.69, 9.17) is 4.74 Å². The van der Waals surface area contributed by atoms with Gasteiger partial charge in [0.15, 0.2) is 6.29 Å². The molecule has 0 unspecified atom stereocenters.